The fraction of sp³-hybridized carbons (Fsp3) is 0.128. The summed E-state index contributed by atoms with van der Waals surface area (Å²) in [4.78, 5) is 35.8. The van der Waals surface area contributed by atoms with Crippen LogP contribution in [-0.2, 0) is 16.1 Å². The second-order valence-electron chi connectivity index (χ2n) is 11.7. The number of methoxy groups -OCH3 is 1. The first-order valence-corrected chi connectivity index (χ1v) is 17.1. The molecule has 0 aliphatic carbocycles. The topological polar surface area (TPSA) is 126 Å². The molecule has 1 amide bonds. The zero-order valence-electron chi connectivity index (χ0n) is 28.1. The third-order valence-electron chi connectivity index (χ3n) is 8.19. The minimum atomic E-state index is -0.595. The van der Waals surface area contributed by atoms with Gasteiger partial charge in [0, 0.05) is 23.6 Å². The van der Waals surface area contributed by atoms with E-state index >= 15 is 0 Å². The molecule has 51 heavy (non-hydrogen) atoms. The molecule has 4 aromatic carbocycles. The Morgan fingerprint density at radius 3 is 2.45 bits per heavy atom. The van der Waals surface area contributed by atoms with Crippen molar-refractivity contribution in [1.29, 1.82) is 0 Å². The standard InChI is InChI=1S/C39H33N7O4S/c1-25-14-19-33(26(2)21-25)46-37(27-9-8-20-40-22-27)43-44-39(46)51-24-36(47)42-31-11-5-4-10-30(31)38(48)50-23-35-41-32-12-6-7-13-34(32)45(35)28-15-17-29(49-3)18-16-28/h4-22H,23-24H2,1-3H3,(H,42,47). The van der Waals surface area contributed by atoms with Crippen LogP contribution < -0.4 is 10.1 Å². The van der Waals surface area contributed by atoms with Crippen molar-refractivity contribution in [2.45, 2.75) is 25.6 Å². The lowest BCUT2D eigenvalue weighted by atomic mass is 10.1. The van der Waals surface area contributed by atoms with Gasteiger partial charge in [0.05, 0.1) is 40.8 Å². The summed E-state index contributed by atoms with van der Waals surface area (Å²) in [5, 5.41) is 12.3. The summed E-state index contributed by atoms with van der Waals surface area (Å²) in [5.74, 6) is 0.997. The van der Waals surface area contributed by atoms with Gasteiger partial charge in [-0.3, -0.25) is 18.9 Å². The van der Waals surface area contributed by atoms with Gasteiger partial charge in [0.15, 0.2) is 16.8 Å². The third-order valence-corrected chi connectivity index (χ3v) is 9.12. The fourth-order valence-electron chi connectivity index (χ4n) is 5.81. The van der Waals surface area contributed by atoms with Crippen molar-refractivity contribution in [2.75, 3.05) is 18.2 Å². The van der Waals surface area contributed by atoms with E-state index in [4.69, 9.17) is 14.5 Å². The number of pyridine rings is 1. The highest BCUT2D eigenvalue weighted by Crippen LogP contribution is 2.30. The summed E-state index contributed by atoms with van der Waals surface area (Å²) < 4.78 is 15.0. The van der Waals surface area contributed by atoms with Gasteiger partial charge < -0.3 is 14.8 Å². The van der Waals surface area contributed by atoms with Gasteiger partial charge in [-0.25, -0.2) is 9.78 Å². The second-order valence-corrected chi connectivity index (χ2v) is 12.6. The van der Waals surface area contributed by atoms with Crippen LogP contribution >= 0.6 is 11.8 Å². The number of thioether (sulfide) groups is 1. The number of aromatic nitrogens is 6. The Labute approximate surface area is 298 Å². The first kappa shape index (κ1) is 33.2. The van der Waals surface area contributed by atoms with Gasteiger partial charge in [0.25, 0.3) is 0 Å². The molecule has 0 unspecified atom stereocenters. The second kappa shape index (κ2) is 14.7. The largest absolute Gasteiger partial charge is 0.497 e. The Hall–Kier alpha value is -6.27. The van der Waals surface area contributed by atoms with Crippen LogP contribution in [-0.4, -0.2) is 54.0 Å². The first-order chi connectivity index (χ1) is 24.9. The Balaban J connectivity index is 1.08. The van der Waals surface area contributed by atoms with E-state index < -0.39 is 5.97 Å². The number of esters is 1. The van der Waals surface area contributed by atoms with Crippen molar-refractivity contribution in [3.05, 3.63) is 138 Å². The molecule has 0 fully saturated rings. The Bertz CT molecular complexity index is 2350. The van der Waals surface area contributed by atoms with Crippen molar-refractivity contribution in [3.63, 3.8) is 0 Å². The van der Waals surface area contributed by atoms with E-state index in [0.717, 1.165) is 44.8 Å². The average Bonchev–Trinajstić information content (AvgIpc) is 3.75. The van der Waals surface area contributed by atoms with Crippen LogP contribution in [0, 0.1) is 13.8 Å². The molecular weight excluding hydrogens is 663 g/mol. The number of nitrogens with one attached hydrogen (secondary N) is 1. The number of benzene rings is 4. The van der Waals surface area contributed by atoms with E-state index in [1.54, 1.807) is 43.8 Å². The van der Waals surface area contributed by atoms with Gasteiger partial charge in [-0.2, -0.15) is 0 Å². The summed E-state index contributed by atoms with van der Waals surface area (Å²) in [5.41, 5.74) is 6.93. The van der Waals surface area contributed by atoms with Crippen LogP contribution in [0.3, 0.4) is 0 Å². The predicted octanol–water partition coefficient (Wildman–Crippen LogP) is 7.38. The number of ether oxygens (including phenoxy) is 2. The molecule has 3 aromatic heterocycles. The highest BCUT2D eigenvalue weighted by Gasteiger charge is 2.21. The fourth-order valence-corrected chi connectivity index (χ4v) is 6.55. The summed E-state index contributed by atoms with van der Waals surface area (Å²) in [6.07, 6.45) is 3.43. The van der Waals surface area contributed by atoms with Crippen molar-refractivity contribution in [3.8, 4) is 28.5 Å². The number of hydrogen-bond donors (Lipinski definition) is 1. The lowest BCUT2D eigenvalue weighted by molar-refractivity contribution is -0.113. The van der Waals surface area contributed by atoms with Gasteiger partial charge in [0.2, 0.25) is 5.91 Å². The Kier molecular flexibility index (Phi) is 9.57. The van der Waals surface area contributed by atoms with E-state index in [9.17, 15) is 9.59 Å². The average molecular weight is 696 g/mol. The van der Waals surface area contributed by atoms with E-state index in [1.807, 2.05) is 95.8 Å². The van der Waals surface area contributed by atoms with E-state index in [2.05, 4.69) is 26.6 Å². The number of carbonyl (C=O) groups excluding carboxylic acids is 2. The summed E-state index contributed by atoms with van der Waals surface area (Å²) >= 11 is 1.24. The van der Waals surface area contributed by atoms with Crippen molar-refractivity contribution in [2.24, 2.45) is 0 Å². The predicted molar refractivity (Wildman–Crippen MR) is 197 cm³/mol. The molecule has 0 saturated heterocycles. The molecule has 0 spiro atoms. The molecule has 0 aliphatic heterocycles. The number of nitrogens with zero attached hydrogens (tertiary/aromatic N) is 6. The Morgan fingerprint density at radius 2 is 1.67 bits per heavy atom. The van der Waals surface area contributed by atoms with E-state index in [1.165, 1.54) is 11.8 Å². The SMILES string of the molecule is COc1ccc(-n2c(COC(=O)c3ccccc3NC(=O)CSc3nnc(-c4cccnc4)n3-c3ccc(C)cc3C)nc3ccccc32)cc1. The molecule has 0 atom stereocenters. The molecule has 0 saturated carbocycles. The number of rotatable bonds is 11. The van der Waals surface area contributed by atoms with Crippen LogP contribution in [0.4, 0.5) is 5.69 Å². The molecule has 0 aliphatic rings. The van der Waals surface area contributed by atoms with Crippen molar-refractivity contribution in [1.82, 2.24) is 29.3 Å². The zero-order valence-corrected chi connectivity index (χ0v) is 28.9. The molecule has 254 valence electrons. The van der Waals surface area contributed by atoms with Crippen LogP contribution in [0.5, 0.6) is 5.75 Å². The number of hydrogen-bond acceptors (Lipinski definition) is 9. The van der Waals surface area contributed by atoms with Crippen molar-refractivity contribution < 1.29 is 19.1 Å². The number of aryl methyl sites for hydroxylation is 2. The summed E-state index contributed by atoms with van der Waals surface area (Å²) in [6.45, 7) is 3.98. The molecule has 7 aromatic rings. The molecule has 0 radical (unpaired) electrons. The number of fused-ring (bicyclic) bond motifs is 1. The lowest BCUT2D eigenvalue weighted by Crippen LogP contribution is -2.18. The smallest absolute Gasteiger partial charge is 0.340 e. The third kappa shape index (κ3) is 7.08. The minimum Gasteiger partial charge on any atom is -0.497 e. The van der Waals surface area contributed by atoms with Gasteiger partial charge >= 0.3 is 5.97 Å². The zero-order chi connectivity index (χ0) is 35.3. The summed E-state index contributed by atoms with van der Waals surface area (Å²) in [6, 6.07) is 32.0. The van der Waals surface area contributed by atoms with Gasteiger partial charge in [-0.15, -0.1) is 10.2 Å². The molecule has 12 heteroatoms. The van der Waals surface area contributed by atoms with E-state index in [0.29, 0.717) is 22.5 Å². The maximum atomic E-state index is 13.5. The Morgan fingerprint density at radius 1 is 0.863 bits per heavy atom. The monoisotopic (exact) mass is 695 g/mol. The summed E-state index contributed by atoms with van der Waals surface area (Å²) in [7, 11) is 1.62. The molecule has 0 bridgehead atoms. The number of amides is 1. The number of carbonyl (C=O) groups is 2. The van der Waals surface area contributed by atoms with Gasteiger partial charge in [-0.05, 0) is 86.1 Å². The molecule has 3 heterocycles. The van der Waals surface area contributed by atoms with E-state index in [-0.39, 0.29) is 23.8 Å². The molecule has 7 rings (SSSR count). The lowest BCUT2D eigenvalue weighted by Gasteiger charge is -2.14. The maximum absolute atomic E-state index is 13.5. The van der Waals surface area contributed by atoms with Crippen LogP contribution in [0.1, 0.15) is 27.3 Å². The van der Waals surface area contributed by atoms with Crippen LogP contribution in [0.2, 0.25) is 0 Å². The number of imidazole rings is 1. The highest BCUT2D eigenvalue weighted by molar-refractivity contribution is 7.99. The van der Waals surface area contributed by atoms with Crippen molar-refractivity contribution >= 4 is 40.4 Å². The highest BCUT2D eigenvalue weighted by atomic mass is 32.2. The quantitative estimate of drug-likeness (QED) is 0.109. The van der Waals surface area contributed by atoms with Gasteiger partial charge in [-0.1, -0.05) is 53.7 Å². The molecule has 11 nitrogen and oxygen atoms in total. The molecule has 1 N–H and O–H groups in total. The van der Waals surface area contributed by atoms with Crippen LogP contribution in [0.15, 0.2) is 121 Å². The first-order valence-electron chi connectivity index (χ1n) is 16.1. The normalized spacial score (nSPS) is 11.0. The number of para-hydroxylation sites is 3. The maximum Gasteiger partial charge on any atom is 0.340 e. The van der Waals surface area contributed by atoms with Crippen LogP contribution in [0.25, 0.3) is 33.8 Å². The number of anilines is 1. The molecular formula is C39H33N7O4S. The minimum absolute atomic E-state index is 0.0192. The van der Waals surface area contributed by atoms with Gasteiger partial charge in [0.1, 0.15) is 12.4 Å².